The quantitative estimate of drug-likeness (QED) is 0.652. The molecule has 1 radical (unpaired) electrons. The molecule has 2 unspecified atom stereocenters. The Labute approximate surface area is 131 Å². The van der Waals surface area contributed by atoms with Gasteiger partial charge in [0.25, 0.3) is 0 Å². The van der Waals surface area contributed by atoms with E-state index >= 15 is 0 Å². The number of rotatable bonds is 9. The number of aliphatic hydroxyl groups excluding tert-OH is 1. The van der Waals surface area contributed by atoms with Gasteiger partial charge in [-0.1, -0.05) is 12.1 Å². The highest BCUT2D eigenvalue weighted by Gasteiger charge is 2.23. The van der Waals surface area contributed by atoms with E-state index in [2.05, 4.69) is 0 Å². The molecule has 0 spiro atoms. The minimum Gasteiger partial charge on any atom is -0.393 e. The molecule has 22 heavy (non-hydrogen) atoms. The van der Waals surface area contributed by atoms with Gasteiger partial charge in [-0.25, -0.2) is 4.39 Å². The van der Waals surface area contributed by atoms with Gasteiger partial charge in [-0.3, -0.25) is 4.79 Å². The molecule has 0 fully saturated rings. The molecule has 1 amide bonds. The number of benzene rings is 1. The van der Waals surface area contributed by atoms with E-state index in [1.807, 2.05) is 0 Å². The highest BCUT2D eigenvalue weighted by molar-refractivity contribution is 5.76. The number of amides is 1. The molecule has 0 aliphatic rings. The molecule has 0 aliphatic carbocycles. The summed E-state index contributed by atoms with van der Waals surface area (Å²) in [4.78, 5) is 11.4. The van der Waals surface area contributed by atoms with Crippen LogP contribution in [0.3, 0.4) is 0 Å². The van der Waals surface area contributed by atoms with E-state index in [4.69, 9.17) is 5.73 Å². The third-order valence-corrected chi connectivity index (χ3v) is 3.55. The van der Waals surface area contributed by atoms with Crippen molar-refractivity contribution in [1.82, 2.24) is 0 Å². The third-order valence-electron chi connectivity index (χ3n) is 3.55. The summed E-state index contributed by atoms with van der Waals surface area (Å²) in [5.41, 5.74) is 5.23. The molecule has 0 heterocycles. The molecule has 123 valence electrons. The van der Waals surface area contributed by atoms with E-state index in [-0.39, 0.29) is 12.2 Å². The third kappa shape index (κ3) is 7.52. The fraction of sp³-hybridized carbons (Fsp3) is 0.529. The number of nitrogens with two attached hydrogens (primary N) is 1. The number of halogens is 1. The van der Waals surface area contributed by atoms with Gasteiger partial charge in [-0.05, 0) is 63.6 Å². The lowest BCUT2D eigenvalue weighted by Crippen LogP contribution is -2.30. The first kappa shape index (κ1) is 18.6. The lowest BCUT2D eigenvalue weighted by atomic mass is 9.89. The van der Waals surface area contributed by atoms with Crippen molar-refractivity contribution in [3.05, 3.63) is 42.1 Å². The summed E-state index contributed by atoms with van der Waals surface area (Å²) < 4.78 is 13.1. The SMILES string of the molecule is CC(C)(O)CCC(CC(O)[CH]Cc1cccc(F)c1)C(N)=O. The van der Waals surface area contributed by atoms with Crippen LogP contribution in [0.5, 0.6) is 0 Å². The van der Waals surface area contributed by atoms with Gasteiger partial charge in [-0.2, -0.15) is 0 Å². The van der Waals surface area contributed by atoms with Gasteiger partial charge in [0, 0.05) is 5.92 Å². The maximum absolute atomic E-state index is 13.1. The fourth-order valence-corrected chi connectivity index (χ4v) is 2.23. The molecule has 2 atom stereocenters. The Kier molecular flexibility index (Phi) is 6.97. The summed E-state index contributed by atoms with van der Waals surface area (Å²) in [5, 5.41) is 19.7. The zero-order valence-corrected chi connectivity index (χ0v) is 13.1. The molecule has 0 saturated carbocycles. The lowest BCUT2D eigenvalue weighted by Gasteiger charge is -2.22. The number of hydrogen-bond acceptors (Lipinski definition) is 3. The zero-order chi connectivity index (χ0) is 16.8. The highest BCUT2D eigenvalue weighted by Crippen LogP contribution is 2.21. The zero-order valence-electron chi connectivity index (χ0n) is 13.1. The Morgan fingerprint density at radius 1 is 1.45 bits per heavy atom. The summed E-state index contributed by atoms with van der Waals surface area (Å²) in [6.45, 7) is 3.33. The van der Waals surface area contributed by atoms with Gasteiger partial charge in [-0.15, -0.1) is 0 Å². The number of carbonyl (C=O) groups excluding carboxylic acids is 1. The Balaban J connectivity index is 2.46. The lowest BCUT2D eigenvalue weighted by molar-refractivity contribution is -0.123. The average molecular weight is 310 g/mol. The van der Waals surface area contributed by atoms with Crippen LogP contribution in [0.2, 0.25) is 0 Å². The number of hydrogen-bond donors (Lipinski definition) is 3. The van der Waals surface area contributed by atoms with Crippen molar-refractivity contribution >= 4 is 5.91 Å². The summed E-state index contributed by atoms with van der Waals surface area (Å²) in [6, 6.07) is 6.15. The van der Waals surface area contributed by atoms with Crippen molar-refractivity contribution in [2.45, 2.75) is 51.2 Å². The van der Waals surface area contributed by atoms with Crippen LogP contribution in [0.15, 0.2) is 24.3 Å². The summed E-state index contributed by atoms with van der Waals surface area (Å²) >= 11 is 0. The van der Waals surface area contributed by atoms with Crippen LogP contribution in [-0.2, 0) is 11.2 Å². The Bertz CT molecular complexity index is 485. The second-order valence-corrected chi connectivity index (χ2v) is 6.32. The van der Waals surface area contributed by atoms with E-state index in [1.165, 1.54) is 12.1 Å². The van der Waals surface area contributed by atoms with Gasteiger partial charge in [0.05, 0.1) is 11.7 Å². The van der Waals surface area contributed by atoms with Crippen LogP contribution in [0, 0.1) is 18.2 Å². The molecule has 0 bridgehead atoms. The van der Waals surface area contributed by atoms with E-state index in [1.54, 1.807) is 32.4 Å². The minimum absolute atomic E-state index is 0.209. The second kappa shape index (κ2) is 8.25. The molecule has 0 saturated heterocycles. The molecule has 1 aromatic rings. The maximum atomic E-state index is 13.1. The number of aliphatic hydroxyl groups is 2. The van der Waals surface area contributed by atoms with Crippen molar-refractivity contribution in [2.75, 3.05) is 0 Å². The van der Waals surface area contributed by atoms with Gasteiger partial charge in [0.15, 0.2) is 0 Å². The predicted octanol–water partition coefficient (Wildman–Crippen LogP) is 1.98. The number of primary amides is 1. The first-order valence-corrected chi connectivity index (χ1v) is 7.45. The van der Waals surface area contributed by atoms with E-state index in [0.29, 0.717) is 19.3 Å². The van der Waals surface area contributed by atoms with Crippen molar-refractivity contribution < 1.29 is 19.4 Å². The van der Waals surface area contributed by atoms with Crippen LogP contribution < -0.4 is 5.73 Å². The second-order valence-electron chi connectivity index (χ2n) is 6.32. The molecule has 4 N–H and O–H groups in total. The molecule has 0 aromatic heterocycles. The fourth-order valence-electron chi connectivity index (χ4n) is 2.23. The van der Waals surface area contributed by atoms with Crippen molar-refractivity contribution in [3.63, 3.8) is 0 Å². The summed E-state index contributed by atoms with van der Waals surface area (Å²) in [7, 11) is 0. The number of carbonyl (C=O) groups is 1. The van der Waals surface area contributed by atoms with E-state index in [0.717, 1.165) is 5.56 Å². The Morgan fingerprint density at radius 3 is 2.68 bits per heavy atom. The van der Waals surface area contributed by atoms with E-state index < -0.39 is 23.5 Å². The van der Waals surface area contributed by atoms with Gasteiger partial charge >= 0.3 is 0 Å². The summed E-state index contributed by atoms with van der Waals surface area (Å²) in [6.07, 6.45) is 2.30. The Morgan fingerprint density at radius 2 is 2.14 bits per heavy atom. The van der Waals surface area contributed by atoms with Crippen LogP contribution in [0.1, 0.15) is 38.7 Å². The largest absolute Gasteiger partial charge is 0.393 e. The molecular weight excluding hydrogens is 285 g/mol. The predicted molar refractivity (Wildman–Crippen MR) is 83.2 cm³/mol. The standard InChI is InChI=1S/C17H25FNO3/c1-17(2,22)9-8-13(16(19)21)11-15(20)7-6-12-4-3-5-14(18)10-12/h3-5,7,10,13,15,20,22H,6,8-9,11H2,1-2H3,(H2,19,21). The topological polar surface area (TPSA) is 83.6 Å². The van der Waals surface area contributed by atoms with Gasteiger partial charge in [0.2, 0.25) is 5.91 Å². The van der Waals surface area contributed by atoms with Crippen LogP contribution in [0.25, 0.3) is 0 Å². The molecular formula is C17H25FNO3. The molecule has 1 aromatic carbocycles. The van der Waals surface area contributed by atoms with Crippen LogP contribution in [0.4, 0.5) is 4.39 Å². The summed E-state index contributed by atoms with van der Waals surface area (Å²) in [5.74, 6) is -1.30. The molecule has 5 heteroatoms. The van der Waals surface area contributed by atoms with Crippen molar-refractivity contribution in [3.8, 4) is 0 Å². The first-order valence-electron chi connectivity index (χ1n) is 7.45. The average Bonchev–Trinajstić information content (AvgIpc) is 2.40. The smallest absolute Gasteiger partial charge is 0.220 e. The van der Waals surface area contributed by atoms with Gasteiger partial charge in [0.1, 0.15) is 5.82 Å². The monoisotopic (exact) mass is 310 g/mol. The van der Waals surface area contributed by atoms with Crippen molar-refractivity contribution in [1.29, 1.82) is 0 Å². The van der Waals surface area contributed by atoms with Crippen LogP contribution in [-0.4, -0.2) is 27.8 Å². The van der Waals surface area contributed by atoms with Crippen LogP contribution >= 0.6 is 0 Å². The van der Waals surface area contributed by atoms with E-state index in [9.17, 15) is 19.4 Å². The maximum Gasteiger partial charge on any atom is 0.220 e. The van der Waals surface area contributed by atoms with Gasteiger partial charge < -0.3 is 15.9 Å². The highest BCUT2D eigenvalue weighted by atomic mass is 19.1. The normalized spacial score (nSPS) is 14.6. The molecule has 0 aliphatic heterocycles. The Hall–Kier alpha value is -1.46. The minimum atomic E-state index is -0.871. The first-order chi connectivity index (χ1) is 10.2. The van der Waals surface area contributed by atoms with Crippen molar-refractivity contribution in [2.24, 2.45) is 11.7 Å². The molecule has 1 rings (SSSR count). The molecule has 4 nitrogen and oxygen atoms in total.